The molecule has 0 aliphatic rings. The maximum Gasteiger partial charge on any atom is 0.227 e. The lowest BCUT2D eigenvalue weighted by atomic mass is 10.0. The Morgan fingerprint density at radius 3 is 1.24 bits per heavy atom. The molecule has 3 heterocycles. The molecule has 0 amide bonds. The van der Waals surface area contributed by atoms with Crippen molar-refractivity contribution in [3.8, 4) is 79.3 Å². The summed E-state index contributed by atoms with van der Waals surface area (Å²) in [6, 6.07) is 72.9. The lowest BCUT2D eigenvalue weighted by Crippen LogP contribution is -1.99. The fourth-order valence-corrected chi connectivity index (χ4v) is 8.45. The van der Waals surface area contributed by atoms with Crippen molar-refractivity contribution >= 4 is 43.4 Å². The van der Waals surface area contributed by atoms with E-state index in [1.54, 1.807) is 0 Å². The third-order valence-corrected chi connectivity index (χ3v) is 11.7. The number of hydrogen-bond donors (Lipinski definition) is 0. The van der Waals surface area contributed by atoms with Crippen molar-refractivity contribution in [3.05, 3.63) is 212 Å². The van der Waals surface area contributed by atoms with Gasteiger partial charge in [0.25, 0.3) is 0 Å². The second-order valence-electron chi connectivity index (χ2n) is 15.7. The zero-order chi connectivity index (χ0) is 41.7. The van der Waals surface area contributed by atoms with Crippen molar-refractivity contribution in [2.45, 2.75) is 0 Å². The first-order valence-corrected chi connectivity index (χ1v) is 21.0. The molecular formula is C57H35N5O. The lowest BCUT2D eigenvalue weighted by molar-refractivity contribution is 0.620. The van der Waals surface area contributed by atoms with Crippen molar-refractivity contribution in [3.63, 3.8) is 0 Å². The number of rotatable bonds is 7. The summed E-state index contributed by atoms with van der Waals surface area (Å²) in [5, 5.41) is 6.74. The third kappa shape index (κ3) is 6.86. The first-order valence-electron chi connectivity index (χ1n) is 21.0. The van der Waals surface area contributed by atoms with Gasteiger partial charge in [0.1, 0.15) is 5.52 Å². The average Bonchev–Trinajstić information content (AvgIpc) is 3.82. The van der Waals surface area contributed by atoms with Crippen LogP contribution in [0.2, 0.25) is 0 Å². The first kappa shape index (κ1) is 36.3. The highest BCUT2D eigenvalue weighted by molar-refractivity contribution is 6.04. The van der Waals surface area contributed by atoms with Gasteiger partial charge in [-0.05, 0) is 75.5 Å². The zero-order valence-corrected chi connectivity index (χ0v) is 33.9. The normalized spacial score (nSPS) is 11.5. The zero-order valence-electron chi connectivity index (χ0n) is 33.9. The minimum absolute atomic E-state index is 0.479. The van der Waals surface area contributed by atoms with Gasteiger partial charge in [-0.25, -0.2) is 24.9 Å². The summed E-state index contributed by atoms with van der Waals surface area (Å²) in [4.78, 5) is 26.3. The van der Waals surface area contributed by atoms with Gasteiger partial charge in [0, 0.05) is 44.3 Å². The summed E-state index contributed by atoms with van der Waals surface area (Å²) in [5.74, 6) is 1.59. The Morgan fingerprint density at radius 2 is 0.698 bits per heavy atom. The molecule has 294 valence electrons. The maximum atomic E-state index is 6.61. The van der Waals surface area contributed by atoms with E-state index >= 15 is 0 Å². The molecule has 12 rings (SSSR count). The van der Waals surface area contributed by atoms with Crippen molar-refractivity contribution in [1.29, 1.82) is 0 Å². The molecule has 12 aromatic rings. The fraction of sp³-hybridized carbons (Fsp3) is 0. The number of nitrogens with zero attached hydrogens (tertiary/aromatic N) is 5. The SMILES string of the molecule is c1ccc(-c2cc(-c3ccc4ccccc4c3)nc(-c3cc(-c4nc(-c5ccccc5)cc(-c5ccc6ccccc6c5)n4)cc(-c4nc5c(ccc6ccccc65)o4)c3)n2)cc1. The van der Waals surface area contributed by atoms with E-state index in [9.17, 15) is 0 Å². The number of hydrogen-bond acceptors (Lipinski definition) is 6. The largest absolute Gasteiger partial charge is 0.436 e. The smallest absolute Gasteiger partial charge is 0.227 e. The first-order chi connectivity index (χ1) is 31.1. The van der Waals surface area contributed by atoms with Gasteiger partial charge in [-0.15, -0.1) is 0 Å². The van der Waals surface area contributed by atoms with E-state index in [0.29, 0.717) is 23.1 Å². The van der Waals surface area contributed by atoms with Gasteiger partial charge in [0.05, 0.1) is 22.8 Å². The van der Waals surface area contributed by atoms with Crippen molar-refractivity contribution in [1.82, 2.24) is 24.9 Å². The van der Waals surface area contributed by atoms with Crippen LogP contribution in [0.1, 0.15) is 0 Å². The standard InChI is InChI=1S/C57H35N5O/c1-3-16-39(17-4-1)49-34-51(43-25-23-36-13-7-9-20-41(36)29-43)60-55(58-49)45-31-46(33-47(32-45)57-62-54-48-22-12-11-15-38(48)27-28-53(54)63-57)56-59-50(40-18-5-2-6-19-40)35-52(61-56)44-26-24-37-14-8-10-21-42(37)30-44/h1-35H. The molecule has 6 heteroatoms. The van der Waals surface area contributed by atoms with Crippen LogP contribution in [0, 0.1) is 0 Å². The fourth-order valence-electron chi connectivity index (χ4n) is 8.45. The van der Waals surface area contributed by atoms with E-state index in [4.69, 9.17) is 29.3 Å². The Kier molecular flexibility index (Phi) is 8.71. The molecule has 0 unspecified atom stereocenters. The minimum Gasteiger partial charge on any atom is -0.436 e. The lowest BCUT2D eigenvalue weighted by Gasteiger charge is -2.13. The molecule has 9 aromatic carbocycles. The van der Waals surface area contributed by atoms with Gasteiger partial charge in [0.15, 0.2) is 17.2 Å². The molecule has 6 nitrogen and oxygen atoms in total. The second kappa shape index (κ2) is 15.1. The predicted octanol–water partition coefficient (Wildman–Crippen LogP) is 14.5. The van der Waals surface area contributed by atoms with Crippen LogP contribution >= 0.6 is 0 Å². The van der Waals surface area contributed by atoms with Crippen LogP contribution in [0.5, 0.6) is 0 Å². The van der Waals surface area contributed by atoms with Crippen LogP contribution < -0.4 is 0 Å². The molecule has 0 N–H and O–H groups in total. The van der Waals surface area contributed by atoms with E-state index in [0.717, 1.165) is 88.8 Å². The number of aromatic nitrogens is 5. The molecule has 63 heavy (non-hydrogen) atoms. The topological polar surface area (TPSA) is 77.6 Å². The summed E-state index contributed by atoms with van der Waals surface area (Å²) < 4.78 is 6.61. The van der Waals surface area contributed by atoms with Crippen LogP contribution in [-0.4, -0.2) is 24.9 Å². The van der Waals surface area contributed by atoms with Gasteiger partial charge in [-0.2, -0.15) is 0 Å². The molecule has 0 aliphatic carbocycles. The molecule has 0 atom stereocenters. The van der Waals surface area contributed by atoms with E-state index in [-0.39, 0.29) is 0 Å². The molecule has 0 saturated carbocycles. The van der Waals surface area contributed by atoms with E-state index in [1.165, 1.54) is 10.8 Å². The summed E-state index contributed by atoms with van der Waals surface area (Å²) in [6.45, 7) is 0. The van der Waals surface area contributed by atoms with Gasteiger partial charge in [0.2, 0.25) is 5.89 Å². The highest BCUT2D eigenvalue weighted by Gasteiger charge is 2.19. The highest BCUT2D eigenvalue weighted by atomic mass is 16.3. The summed E-state index contributed by atoms with van der Waals surface area (Å²) in [6.07, 6.45) is 0. The molecule has 0 fully saturated rings. The van der Waals surface area contributed by atoms with E-state index in [1.807, 2.05) is 54.6 Å². The van der Waals surface area contributed by atoms with Crippen LogP contribution in [-0.2, 0) is 0 Å². The molecule has 0 bridgehead atoms. The molecule has 0 saturated heterocycles. The molecule has 0 radical (unpaired) electrons. The van der Waals surface area contributed by atoms with Crippen LogP contribution in [0.25, 0.3) is 123 Å². The Morgan fingerprint density at radius 1 is 0.270 bits per heavy atom. The molecule has 0 spiro atoms. The van der Waals surface area contributed by atoms with Gasteiger partial charge in [-0.3, -0.25) is 0 Å². The van der Waals surface area contributed by atoms with E-state index in [2.05, 4.69) is 158 Å². The Bertz CT molecular complexity index is 3510. The second-order valence-corrected chi connectivity index (χ2v) is 15.7. The van der Waals surface area contributed by atoms with E-state index < -0.39 is 0 Å². The number of fused-ring (bicyclic) bond motifs is 5. The third-order valence-electron chi connectivity index (χ3n) is 11.7. The van der Waals surface area contributed by atoms with Crippen LogP contribution in [0.4, 0.5) is 0 Å². The van der Waals surface area contributed by atoms with Crippen molar-refractivity contribution in [2.75, 3.05) is 0 Å². The predicted molar refractivity (Wildman–Crippen MR) is 256 cm³/mol. The molecule has 0 aliphatic heterocycles. The Balaban J connectivity index is 1.10. The number of benzene rings is 9. The summed E-state index contributed by atoms with van der Waals surface area (Å²) >= 11 is 0. The molecule has 3 aromatic heterocycles. The average molecular weight is 806 g/mol. The quantitative estimate of drug-likeness (QED) is 0.160. The van der Waals surface area contributed by atoms with Crippen molar-refractivity contribution < 1.29 is 4.42 Å². The Labute approximate surface area is 362 Å². The van der Waals surface area contributed by atoms with Gasteiger partial charge in [-0.1, -0.05) is 164 Å². The van der Waals surface area contributed by atoms with Crippen molar-refractivity contribution in [2.24, 2.45) is 0 Å². The van der Waals surface area contributed by atoms with Crippen LogP contribution in [0.15, 0.2) is 217 Å². The molecular weight excluding hydrogens is 771 g/mol. The van der Waals surface area contributed by atoms with Gasteiger partial charge >= 0.3 is 0 Å². The van der Waals surface area contributed by atoms with Crippen LogP contribution in [0.3, 0.4) is 0 Å². The summed E-state index contributed by atoms with van der Waals surface area (Å²) in [7, 11) is 0. The maximum absolute atomic E-state index is 6.61. The number of oxazole rings is 1. The monoisotopic (exact) mass is 805 g/mol. The Hall–Kier alpha value is -8.61. The van der Waals surface area contributed by atoms with Gasteiger partial charge < -0.3 is 4.42 Å². The summed E-state index contributed by atoms with van der Waals surface area (Å²) in [5.41, 5.74) is 11.0. The highest BCUT2D eigenvalue weighted by Crippen LogP contribution is 2.37. The minimum atomic E-state index is 0.479.